The predicted octanol–water partition coefficient (Wildman–Crippen LogP) is 0.572. The summed E-state index contributed by atoms with van der Waals surface area (Å²) >= 11 is 1.23. The van der Waals surface area contributed by atoms with E-state index in [4.69, 9.17) is 10.5 Å². The van der Waals surface area contributed by atoms with E-state index in [2.05, 4.69) is 15.0 Å². The average molecular weight is 356 g/mol. The van der Waals surface area contributed by atoms with E-state index in [9.17, 15) is 13.2 Å². The Morgan fingerprint density at radius 1 is 1.43 bits per heavy atom. The van der Waals surface area contributed by atoms with Gasteiger partial charge in [0.1, 0.15) is 5.75 Å². The highest BCUT2D eigenvalue weighted by atomic mass is 32.2. The zero-order valence-corrected chi connectivity index (χ0v) is 14.1. The number of nitrogens with two attached hydrogens (primary N) is 1. The molecule has 23 heavy (non-hydrogen) atoms. The van der Waals surface area contributed by atoms with E-state index >= 15 is 0 Å². The highest BCUT2D eigenvalue weighted by molar-refractivity contribution is 7.89. The Morgan fingerprint density at radius 3 is 2.74 bits per heavy atom. The lowest BCUT2D eigenvalue weighted by Gasteiger charge is -2.10. The van der Waals surface area contributed by atoms with Gasteiger partial charge in [-0.05, 0) is 18.2 Å². The molecule has 2 aromatic rings. The van der Waals surface area contributed by atoms with E-state index in [0.29, 0.717) is 10.8 Å². The van der Waals surface area contributed by atoms with Crippen LogP contribution < -0.4 is 20.5 Å². The molecule has 1 aromatic heterocycles. The number of nitrogen functional groups attached to an aromatic ring is 1. The number of nitrogens with zero attached hydrogens (tertiary/aromatic N) is 1. The third-order valence-corrected chi connectivity index (χ3v) is 5.09. The Bertz CT molecular complexity index is 817. The van der Waals surface area contributed by atoms with E-state index in [1.165, 1.54) is 43.7 Å². The van der Waals surface area contributed by atoms with Gasteiger partial charge in [0, 0.05) is 12.4 Å². The molecule has 0 radical (unpaired) electrons. The van der Waals surface area contributed by atoms with Crippen molar-refractivity contribution in [3.8, 4) is 5.75 Å². The van der Waals surface area contributed by atoms with E-state index < -0.39 is 15.9 Å². The van der Waals surface area contributed by atoms with E-state index in [1.807, 2.05) is 0 Å². The maximum Gasteiger partial charge on any atom is 0.254 e. The molecule has 0 unspecified atom stereocenters. The van der Waals surface area contributed by atoms with Crippen molar-refractivity contribution in [2.24, 2.45) is 0 Å². The first kappa shape index (κ1) is 17.2. The summed E-state index contributed by atoms with van der Waals surface area (Å²) < 4.78 is 32.2. The highest BCUT2D eigenvalue weighted by Gasteiger charge is 2.19. The summed E-state index contributed by atoms with van der Waals surface area (Å²) in [6.07, 6.45) is 0. The second-order valence-electron chi connectivity index (χ2n) is 4.44. The fourth-order valence-corrected chi connectivity index (χ4v) is 3.41. The van der Waals surface area contributed by atoms with Gasteiger partial charge < -0.3 is 15.8 Å². The van der Waals surface area contributed by atoms with Crippen molar-refractivity contribution in [3.05, 3.63) is 34.8 Å². The van der Waals surface area contributed by atoms with E-state index in [-0.39, 0.29) is 22.8 Å². The molecular weight excluding hydrogens is 340 g/mol. The third kappa shape index (κ3) is 3.97. The van der Waals surface area contributed by atoms with Crippen molar-refractivity contribution in [1.82, 2.24) is 15.0 Å². The Kier molecular flexibility index (Phi) is 5.19. The van der Waals surface area contributed by atoms with Crippen LogP contribution in [-0.4, -0.2) is 33.5 Å². The summed E-state index contributed by atoms with van der Waals surface area (Å²) in [7, 11) is -0.944. The molecule has 0 aliphatic rings. The van der Waals surface area contributed by atoms with Crippen molar-refractivity contribution >= 4 is 32.4 Å². The molecule has 1 heterocycles. The molecular formula is C13H16N4O4S2. The Labute approximate surface area is 137 Å². The molecule has 0 spiro atoms. The summed E-state index contributed by atoms with van der Waals surface area (Å²) in [5, 5.41) is 4.47. The quantitative estimate of drug-likeness (QED) is 0.695. The molecule has 1 amide bonds. The molecule has 8 nitrogen and oxygen atoms in total. The molecule has 0 saturated heterocycles. The monoisotopic (exact) mass is 356 g/mol. The Morgan fingerprint density at radius 2 is 2.17 bits per heavy atom. The number of sulfonamides is 1. The third-order valence-electron chi connectivity index (χ3n) is 2.97. The van der Waals surface area contributed by atoms with Crippen LogP contribution >= 0.6 is 11.3 Å². The summed E-state index contributed by atoms with van der Waals surface area (Å²) in [5.41, 5.74) is 6.16. The zero-order valence-electron chi connectivity index (χ0n) is 12.5. The smallest absolute Gasteiger partial charge is 0.254 e. The Balaban J connectivity index is 2.26. The first-order chi connectivity index (χ1) is 10.9. The summed E-state index contributed by atoms with van der Waals surface area (Å²) in [6, 6.07) is 4.05. The molecule has 0 aliphatic heterocycles. The minimum absolute atomic E-state index is 0.0113. The molecule has 1 aromatic carbocycles. The number of amides is 1. The van der Waals surface area contributed by atoms with E-state index in [0.717, 1.165) is 0 Å². The molecule has 4 N–H and O–H groups in total. The number of carbonyl (C=O) groups is 1. The van der Waals surface area contributed by atoms with Gasteiger partial charge in [0.2, 0.25) is 10.0 Å². The maximum absolute atomic E-state index is 12.3. The lowest BCUT2D eigenvalue weighted by Crippen LogP contribution is -2.24. The summed E-state index contributed by atoms with van der Waals surface area (Å²) in [4.78, 5) is 15.8. The highest BCUT2D eigenvalue weighted by Crippen LogP contribution is 2.22. The van der Waals surface area contributed by atoms with Gasteiger partial charge in [-0.15, -0.1) is 11.3 Å². The van der Waals surface area contributed by atoms with Gasteiger partial charge in [-0.3, -0.25) is 4.79 Å². The van der Waals surface area contributed by atoms with Gasteiger partial charge >= 0.3 is 0 Å². The minimum Gasteiger partial charge on any atom is -0.496 e. The lowest BCUT2D eigenvalue weighted by molar-refractivity contribution is 0.0960. The van der Waals surface area contributed by atoms with Crippen LogP contribution in [0.4, 0.5) is 5.13 Å². The number of aromatic nitrogens is 1. The molecule has 0 atom stereocenters. The van der Waals surface area contributed by atoms with Gasteiger partial charge in [-0.2, -0.15) is 0 Å². The molecule has 0 bridgehead atoms. The number of carbonyl (C=O) groups excluding carboxylic acids is 1. The average Bonchev–Trinajstić information content (AvgIpc) is 2.97. The van der Waals surface area contributed by atoms with Crippen LogP contribution in [-0.2, 0) is 16.6 Å². The van der Waals surface area contributed by atoms with Crippen molar-refractivity contribution in [3.63, 3.8) is 0 Å². The van der Waals surface area contributed by atoms with Gasteiger partial charge in [0.15, 0.2) is 5.13 Å². The van der Waals surface area contributed by atoms with Crippen molar-refractivity contribution in [2.45, 2.75) is 11.4 Å². The number of ether oxygens (including phenoxy) is 1. The molecule has 2 rings (SSSR count). The number of hydrogen-bond acceptors (Lipinski definition) is 7. The molecule has 0 saturated carbocycles. The number of rotatable bonds is 6. The normalized spacial score (nSPS) is 11.2. The van der Waals surface area contributed by atoms with Crippen LogP contribution in [0.3, 0.4) is 0 Å². The second-order valence-corrected chi connectivity index (χ2v) is 7.10. The fourth-order valence-electron chi connectivity index (χ4n) is 1.82. The lowest BCUT2D eigenvalue weighted by atomic mass is 10.2. The standard InChI is InChI=1S/C13H16N4O4S2/c1-15-12(18)10-5-9(3-4-11(10)21-2)23(19,20)16-6-8-7-22-13(14)17-8/h3-5,7,16H,6H2,1-2H3,(H2,14,17)(H,15,18). The molecule has 0 fully saturated rings. The number of nitrogens with one attached hydrogen (secondary N) is 2. The van der Waals surface area contributed by atoms with Crippen LogP contribution in [0.1, 0.15) is 16.1 Å². The first-order valence-corrected chi connectivity index (χ1v) is 8.83. The van der Waals surface area contributed by atoms with Crippen LogP contribution in [0, 0.1) is 0 Å². The fraction of sp³-hybridized carbons (Fsp3) is 0.231. The van der Waals surface area contributed by atoms with Gasteiger partial charge in [0.25, 0.3) is 5.91 Å². The SMILES string of the molecule is CNC(=O)c1cc(S(=O)(=O)NCc2csc(N)n2)ccc1OC. The molecule has 10 heteroatoms. The number of thiazole rings is 1. The van der Waals surface area contributed by atoms with Crippen LogP contribution in [0.2, 0.25) is 0 Å². The van der Waals surface area contributed by atoms with Crippen LogP contribution in [0.25, 0.3) is 0 Å². The number of methoxy groups -OCH3 is 1. The zero-order chi connectivity index (χ0) is 17.0. The molecule has 124 valence electrons. The van der Waals surface area contributed by atoms with Crippen molar-refractivity contribution in [1.29, 1.82) is 0 Å². The van der Waals surface area contributed by atoms with Crippen molar-refractivity contribution < 1.29 is 17.9 Å². The number of hydrogen-bond donors (Lipinski definition) is 3. The van der Waals surface area contributed by atoms with Crippen LogP contribution in [0.5, 0.6) is 5.75 Å². The van der Waals surface area contributed by atoms with Gasteiger partial charge in [-0.1, -0.05) is 0 Å². The number of benzene rings is 1. The predicted molar refractivity (Wildman–Crippen MR) is 86.9 cm³/mol. The number of anilines is 1. The summed E-state index contributed by atoms with van der Waals surface area (Å²) in [6.45, 7) is 0.0113. The maximum atomic E-state index is 12.3. The van der Waals surface area contributed by atoms with Crippen molar-refractivity contribution in [2.75, 3.05) is 19.9 Å². The summed E-state index contributed by atoms with van der Waals surface area (Å²) in [5.74, 6) is -0.151. The Hall–Kier alpha value is -2.17. The van der Waals surface area contributed by atoms with Gasteiger partial charge in [-0.25, -0.2) is 18.1 Å². The van der Waals surface area contributed by atoms with Gasteiger partial charge in [0.05, 0.1) is 29.8 Å². The topological polar surface area (TPSA) is 123 Å². The largest absolute Gasteiger partial charge is 0.496 e. The van der Waals surface area contributed by atoms with E-state index in [1.54, 1.807) is 5.38 Å². The first-order valence-electron chi connectivity index (χ1n) is 6.47. The second kappa shape index (κ2) is 6.94. The molecule has 0 aliphatic carbocycles. The van der Waals surface area contributed by atoms with Crippen LogP contribution in [0.15, 0.2) is 28.5 Å². The minimum atomic E-state index is -3.80.